The topological polar surface area (TPSA) is 43.8 Å². The highest BCUT2D eigenvalue weighted by Crippen LogP contribution is 2.10. The van der Waals surface area contributed by atoms with Crippen LogP contribution in [-0.2, 0) is 4.79 Å². The predicted molar refractivity (Wildman–Crippen MR) is 60.0 cm³/mol. The van der Waals surface area contributed by atoms with Crippen molar-refractivity contribution in [2.45, 2.75) is 32.7 Å². The van der Waals surface area contributed by atoms with E-state index in [1.165, 1.54) is 12.8 Å². The summed E-state index contributed by atoms with van der Waals surface area (Å²) in [6.07, 6.45) is 2.45. The fourth-order valence-electron chi connectivity index (χ4n) is 2.15. The first-order chi connectivity index (χ1) is 7.13. The van der Waals surface area contributed by atoms with E-state index in [1.54, 1.807) is 0 Å². The van der Waals surface area contributed by atoms with Crippen molar-refractivity contribution in [2.24, 2.45) is 0 Å². The second kappa shape index (κ2) is 6.08. The number of aliphatic carboxylic acids is 1. The third-order valence-electron chi connectivity index (χ3n) is 3.10. The van der Waals surface area contributed by atoms with Gasteiger partial charge in [-0.05, 0) is 13.3 Å². The highest BCUT2D eigenvalue weighted by molar-refractivity contribution is 5.69. The molecule has 15 heavy (non-hydrogen) atoms. The van der Waals surface area contributed by atoms with E-state index in [0.29, 0.717) is 6.04 Å². The zero-order valence-corrected chi connectivity index (χ0v) is 9.78. The molecule has 1 rings (SSSR count). The number of carboxylic acid groups (broad SMARTS) is 1. The minimum Gasteiger partial charge on any atom is -0.480 e. The molecule has 1 aliphatic heterocycles. The predicted octanol–water partition coefficient (Wildman–Crippen LogP) is 0.877. The molecule has 1 atom stereocenters. The van der Waals surface area contributed by atoms with Crippen LogP contribution < -0.4 is 0 Å². The Labute approximate surface area is 91.9 Å². The number of rotatable bonds is 5. The van der Waals surface area contributed by atoms with E-state index in [0.717, 1.165) is 26.2 Å². The zero-order chi connectivity index (χ0) is 11.3. The van der Waals surface area contributed by atoms with Crippen LogP contribution in [0.5, 0.6) is 0 Å². The monoisotopic (exact) mass is 214 g/mol. The van der Waals surface area contributed by atoms with Gasteiger partial charge in [0.05, 0.1) is 6.54 Å². The molecule has 0 amide bonds. The summed E-state index contributed by atoms with van der Waals surface area (Å²) in [6.45, 7) is 8.45. The maximum atomic E-state index is 10.5. The van der Waals surface area contributed by atoms with Crippen LogP contribution in [0.4, 0.5) is 0 Å². The van der Waals surface area contributed by atoms with E-state index < -0.39 is 5.97 Å². The number of nitrogens with zero attached hydrogens (tertiary/aromatic N) is 2. The lowest BCUT2D eigenvalue weighted by Gasteiger charge is -2.37. The van der Waals surface area contributed by atoms with Crippen molar-refractivity contribution in [3.63, 3.8) is 0 Å². The van der Waals surface area contributed by atoms with Gasteiger partial charge >= 0.3 is 5.97 Å². The fraction of sp³-hybridized carbons (Fsp3) is 0.909. The summed E-state index contributed by atoms with van der Waals surface area (Å²) in [5, 5.41) is 8.67. The lowest BCUT2D eigenvalue weighted by molar-refractivity contribution is -0.138. The lowest BCUT2D eigenvalue weighted by atomic mass is 10.1. The molecule has 0 spiro atoms. The average molecular weight is 214 g/mol. The molecule has 4 nitrogen and oxygen atoms in total. The number of hydrogen-bond acceptors (Lipinski definition) is 3. The highest BCUT2D eigenvalue weighted by atomic mass is 16.4. The molecule has 0 aromatic heterocycles. The van der Waals surface area contributed by atoms with Crippen molar-refractivity contribution in [1.82, 2.24) is 9.80 Å². The second-order valence-corrected chi connectivity index (χ2v) is 4.34. The molecule has 1 fully saturated rings. The van der Waals surface area contributed by atoms with Crippen molar-refractivity contribution < 1.29 is 9.90 Å². The molecule has 0 aliphatic carbocycles. The summed E-state index contributed by atoms with van der Waals surface area (Å²) in [5.74, 6) is -0.718. The molecular formula is C11H22N2O2. The van der Waals surface area contributed by atoms with Crippen molar-refractivity contribution >= 4 is 5.97 Å². The molecular weight excluding hydrogens is 192 g/mol. The molecule has 1 N–H and O–H groups in total. The number of carbonyl (C=O) groups is 1. The molecule has 0 saturated carbocycles. The van der Waals surface area contributed by atoms with Crippen molar-refractivity contribution in [1.29, 1.82) is 0 Å². The van der Waals surface area contributed by atoms with Gasteiger partial charge in [-0.25, -0.2) is 0 Å². The zero-order valence-electron chi connectivity index (χ0n) is 9.78. The van der Waals surface area contributed by atoms with Crippen molar-refractivity contribution in [3.8, 4) is 0 Å². The van der Waals surface area contributed by atoms with Gasteiger partial charge in [-0.2, -0.15) is 0 Å². The summed E-state index contributed by atoms with van der Waals surface area (Å²) < 4.78 is 0. The van der Waals surface area contributed by atoms with Crippen LogP contribution in [0.1, 0.15) is 26.7 Å². The van der Waals surface area contributed by atoms with Crippen molar-refractivity contribution in [3.05, 3.63) is 0 Å². The number of hydrogen-bond donors (Lipinski definition) is 1. The van der Waals surface area contributed by atoms with Crippen LogP contribution >= 0.6 is 0 Å². The van der Waals surface area contributed by atoms with E-state index in [-0.39, 0.29) is 6.54 Å². The smallest absolute Gasteiger partial charge is 0.317 e. The Hall–Kier alpha value is -0.610. The summed E-state index contributed by atoms with van der Waals surface area (Å²) in [7, 11) is 0. The van der Waals surface area contributed by atoms with Gasteiger partial charge in [0.15, 0.2) is 0 Å². The van der Waals surface area contributed by atoms with E-state index in [1.807, 2.05) is 4.90 Å². The summed E-state index contributed by atoms with van der Waals surface area (Å²) in [6, 6.07) is 0.641. The summed E-state index contributed by atoms with van der Waals surface area (Å²) in [4.78, 5) is 15.0. The highest BCUT2D eigenvalue weighted by Gasteiger charge is 2.21. The second-order valence-electron chi connectivity index (χ2n) is 4.34. The maximum Gasteiger partial charge on any atom is 0.317 e. The Morgan fingerprint density at radius 3 is 2.40 bits per heavy atom. The van der Waals surface area contributed by atoms with Gasteiger partial charge in [-0.3, -0.25) is 14.6 Å². The Morgan fingerprint density at radius 1 is 1.33 bits per heavy atom. The molecule has 1 aliphatic rings. The first kappa shape index (κ1) is 12.5. The molecule has 0 aromatic rings. The van der Waals surface area contributed by atoms with Gasteiger partial charge in [-0.1, -0.05) is 13.3 Å². The molecule has 4 heteroatoms. The molecule has 0 radical (unpaired) electrons. The standard InChI is InChI=1S/C11H22N2O2/c1-3-4-10(2)13-7-5-12(6-8-13)9-11(14)15/h10H,3-9H2,1-2H3,(H,14,15). The molecule has 1 heterocycles. The molecule has 0 bridgehead atoms. The van der Waals surface area contributed by atoms with Gasteiger partial charge in [-0.15, -0.1) is 0 Å². The van der Waals surface area contributed by atoms with Crippen LogP contribution in [0.2, 0.25) is 0 Å². The van der Waals surface area contributed by atoms with Crippen LogP contribution in [0.15, 0.2) is 0 Å². The van der Waals surface area contributed by atoms with Crippen LogP contribution in [0.25, 0.3) is 0 Å². The van der Waals surface area contributed by atoms with Gasteiger partial charge in [0.1, 0.15) is 0 Å². The van der Waals surface area contributed by atoms with Crippen LogP contribution in [0, 0.1) is 0 Å². The van der Waals surface area contributed by atoms with Gasteiger partial charge in [0.2, 0.25) is 0 Å². The minimum atomic E-state index is -0.718. The molecule has 1 unspecified atom stereocenters. The Balaban J connectivity index is 2.26. The minimum absolute atomic E-state index is 0.190. The quantitative estimate of drug-likeness (QED) is 0.738. The van der Waals surface area contributed by atoms with Gasteiger partial charge in [0, 0.05) is 32.2 Å². The first-order valence-corrected chi connectivity index (χ1v) is 5.81. The third-order valence-corrected chi connectivity index (χ3v) is 3.10. The molecule has 88 valence electrons. The largest absolute Gasteiger partial charge is 0.480 e. The normalized spacial score (nSPS) is 21.5. The molecule has 1 saturated heterocycles. The Bertz CT molecular complexity index is 201. The SMILES string of the molecule is CCCC(C)N1CCN(CC(=O)O)CC1. The lowest BCUT2D eigenvalue weighted by Crippen LogP contribution is -2.50. The number of piperazine rings is 1. The van der Waals surface area contributed by atoms with Crippen LogP contribution in [0.3, 0.4) is 0 Å². The number of carboxylic acids is 1. The van der Waals surface area contributed by atoms with E-state index in [4.69, 9.17) is 5.11 Å². The van der Waals surface area contributed by atoms with E-state index in [9.17, 15) is 4.79 Å². The Kier molecular flexibility index (Phi) is 5.05. The first-order valence-electron chi connectivity index (χ1n) is 5.81. The van der Waals surface area contributed by atoms with Gasteiger partial charge in [0.25, 0.3) is 0 Å². The maximum absolute atomic E-state index is 10.5. The van der Waals surface area contributed by atoms with Crippen molar-refractivity contribution in [2.75, 3.05) is 32.7 Å². The average Bonchev–Trinajstić information content (AvgIpc) is 2.18. The molecule has 0 aromatic carbocycles. The third kappa shape index (κ3) is 4.18. The summed E-state index contributed by atoms with van der Waals surface area (Å²) >= 11 is 0. The van der Waals surface area contributed by atoms with E-state index >= 15 is 0 Å². The fourth-order valence-corrected chi connectivity index (χ4v) is 2.15. The van der Waals surface area contributed by atoms with E-state index in [2.05, 4.69) is 18.7 Å². The van der Waals surface area contributed by atoms with Gasteiger partial charge < -0.3 is 5.11 Å². The van der Waals surface area contributed by atoms with Crippen LogP contribution in [-0.4, -0.2) is 59.6 Å². The summed E-state index contributed by atoms with van der Waals surface area (Å²) in [5.41, 5.74) is 0. The Morgan fingerprint density at radius 2 is 1.93 bits per heavy atom.